The zero-order valence-corrected chi connectivity index (χ0v) is 19.6. The van der Waals surface area contributed by atoms with Crippen molar-refractivity contribution in [3.05, 3.63) is 18.2 Å². The molecular formula is C23H36N2O5S. The molecule has 0 bridgehead atoms. The van der Waals surface area contributed by atoms with E-state index in [0.29, 0.717) is 11.5 Å². The number of methoxy groups -OCH3 is 2. The Labute approximate surface area is 186 Å². The van der Waals surface area contributed by atoms with E-state index in [4.69, 9.17) is 9.47 Å². The highest BCUT2D eigenvalue weighted by molar-refractivity contribution is 7.89. The van der Waals surface area contributed by atoms with E-state index in [2.05, 4.69) is 5.32 Å². The molecule has 2 aliphatic carbocycles. The third-order valence-electron chi connectivity index (χ3n) is 6.46. The van der Waals surface area contributed by atoms with Crippen LogP contribution in [-0.4, -0.2) is 51.5 Å². The van der Waals surface area contributed by atoms with Gasteiger partial charge in [0.25, 0.3) is 0 Å². The largest absolute Gasteiger partial charge is 0.493 e. The predicted molar refractivity (Wildman–Crippen MR) is 120 cm³/mol. The summed E-state index contributed by atoms with van der Waals surface area (Å²) in [5.41, 5.74) is 0. The van der Waals surface area contributed by atoms with Gasteiger partial charge in [0.1, 0.15) is 0 Å². The summed E-state index contributed by atoms with van der Waals surface area (Å²) in [5.74, 6) is 0.619. The SMILES string of the molecule is COc1ccc(S(=O)(=O)N(CC(=O)NC2CCCCCC2)C2CCCCC2)cc1OC. The molecule has 0 aromatic heterocycles. The minimum Gasteiger partial charge on any atom is -0.493 e. The molecule has 1 aromatic carbocycles. The molecule has 0 atom stereocenters. The molecule has 1 amide bonds. The average Bonchev–Trinajstić information content (AvgIpc) is 3.06. The van der Waals surface area contributed by atoms with Gasteiger partial charge in [0, 0.05) is 18.2 Å². The van der Waals surface area contributed by atoms with Gasteiger partial charge >= 0.3 is 0 Å². The van der Waals surface area contributed by atoms with Crippen LogP contribution in [0.2, 0.25) is 0 Å². The standard InChI is InChI=1S/C23H36N2O5S/c1-29-21-15-14-20(16-22(21)30-2)31(27,28)25(19-12-8-5-9-13-19)17-23(26)24-18-10-6-3-4-7-11-18/h14-16,18-19H,3-13,17H2,1-2H3,(H,24,26). The van der Waals surface area contributed by atoms with Crippen molar-refractivity contribution in [3.8, 4) is 11.5 Å². The molecule has 0 aliphatic heterocycles. The van der Waals surface area contributed by atoms with Crippen molar-refractivity contribution in [1.82, 2.24) is 9.62 Å². The molecule has 2 aliphatic rings. The first-order chi connectivity index (χ1) is 15.0. The topological polar surface area (TPSA) is 84.9 Å². The zero-order chi connectivity index (χ0) is 22.3. The lowest BCUT2D eigenvalue weighted by atomic mass is 9.95. The van der Waals surface area contributed by atoms with Gasteiger partial charge in [-0.1, -0.05) is 44.9 Å². The molecule has 2 saturated carbocycles. The molecule has 3 rings (SSSR count). The molecule has 174 valence electrons. The maximum absolute atomic E-state index is 13.6. The van der Waals surface area contributed by atoms with Gasteiger partial charge in [-0.25, -0.2) is 8.42 Å². The lowest BCUT2D eigenvalue weighted by Crippen LogP contribution is -2.48. The second-order valence-electron chi connectivity index (χ2n) is 8.61. The molecule has 31 heavy (non-hydrogen) atoms. The van der Waals surface area contributed by atoms with Gasteiger partial charge in [-0.05, 0) is 37.8 Å². The van der Waals surface area contributed by atoms with Crippen LogP contribution in [0.3, 0.4) is 0 Å². The third kappa shape index (κ3) is 6.13. The monoisotopic (exact) mass is 452 g/mol. The number of nitrogens with one attached hydrogen (secondary N) is 1. The van der Waals surface area contributed by atoms with Crippen LogP contribution in [0.5, 0.6) is 11.5 Å². The highest BCUT2D eigenvalue weighted by Gasteiger charge is 2.35. The van der Waals surface area contributed by atoms with Gasteiger partial charge in [-0.3, -0.25) is 4.79 Å². The quantitative estimate of drug-likeness (QED) is 0.605. The molecule has 0 saturated heterocycles. The molecule has 0 heterocycles. The normalized spacial score (nSPS) is 19.1. The maximum atomic E-state index is 13.6. The molecule has 0 radical (unpaired) electrons. The summed E-state index contributed by atoms with van der Waals surface area (Å²) < 4.78 is 39.2. The van der Waals surface area contributed by atoms with E-state index in [1.54, 1.807) is 6.07 Å². The number of amides is 1. The van der Waals surface area contributed by atoms with Crippen LogP contribution in [-0.2, 0) is 14.8 Å². The van der Waals surface area contributed by atoms with Crippen LogP contribution in [0.1, 0.15) is 70.6 Å². The Morgan fingerprint density at radius 1 is 0.935 bits per heavy atom. The summed E-state index contributed by atoms with van der Waals surface area (Å²) in [4.78, 5) is 13.0. The second-order valence-corrected chi connectivity index (χ2v) is 10.5. The van der Waals surface area contributed by atoms with Gasteiger partial charge in [0.2, 0.25) is 15.9 Å². The molecule has 0 unspecified atom stereocenters. The summed E-state index contributed by atoms with van der Waals surface area (Å²) in [5, 5.41) is 3.10. The molecular weight excluding hydrogens is 416 g/mol. The Bertz CT molecular complexity index is 828. The van der Waals surface area contributed by atoms with E-state index < -0.39 is 10.0 Å². The minimum absolute atomic E-state index is 0.123. The van der Waals surface area contributed by atoms with Crippen molar-refractivity contribution < 1.29 is 22.7 Å². The summed E-state index contributed by atoms with van der Waals surface area (Å²) in [6.45, 7) is -0.141. The predicted octanol–water partition coefficient (Wildman–Crippen LogP) is 3.87. The van der Waals surface area contributed by atoms with E-state index in [1.165, 1.54) is 43.5 Å². The van der Waals surface area contributed by atoms with E-state index in [1.807, 2.05) is 0 Å². The first-order valence-electron chi connectivity index (χ1n) is 11.5. The third-order valence-corrected chi connectivity index (χ3v) is 8.36. The Kier molecular flexibility index (Phi) is 8.60. The summed E-state index contributed by atoms with van der Waals surface area (Å²) in [6, 6.07) is 4.58. The van der Waals surface area contributed by atoms with Crippen LogP contribution < -0.4 is 14.8 Å². The number of sulfonamides is 1. The Morgan fingerprint density at radius 2 is 1.52 bits per heavy atom. The highest BCUT2D eigenvalue weighted by Crippen LogP contribution is 2.33. The summed E-state index contributed by atoms with van der Waals surface area (Å²) in [6.07, 6.45) is 11.2. The van der Waals surface area contributed by atoms with Crippen LogP contribution in [0, 0.1) is 0 Å². The minimum atomic E-state index is -3.86. The van der Waals surface area contributed by atoms with Crippen molar-refractivity contribution in [2.75, 3.05) is 20.8 Å². The van der Waals surface area contributed by atoms with E-state index in [9.17, 15) is 13.2 Å². The van der Waals surface area contributed by atoms with E-state index >= 15 is 0 Å². The van der Waals surface area contributed by atoms with Crippen molar-refractivity contribution in [2.24, 2.45) is 0 Å². The first-order valence-corrected chi connectivity index (χ1v) is 12.9. The lowest BCUT2D eigenvalue weighted by molar-refractivity contribution is -0.122. The van der Waals surface area contributed by atoms with Crippen molar-refractivity contribution in [1.29, 1.82) is 0 Å². The van der Waals surface area contributed by atoms with Crippen molar-refractivity contribution in [3.63, 3.8) is 0 Å². The number of benzene rings is 1. The molecule has 2 fully saturated rings. The smallest absolute Gasteiger partial charge is 0.243 e. The highest BCUT2D eigenvalue weighted by atomic mass is 32.2. The van der Waals surface area contributed by atoms with Gasteiger partial charge < -0.3 is 14.8 Å². The van der Waals surface area contributed by atoms with Gasteiger partial charge in [0.15, 0.2) is 11.5 Å². The van der Waals surface area contributed by atoms with Crippen LogP contribution >= 0.6 is 0 Å². The number of nitrogens with zero attached hydrogens (tertiary/aromatic N) is 1. The van der Waals surface area contributed by atoms with Crippen LogP contribution in [0.4, 0.5) is 0 Å². The number of carbonyl (C=O) groups excluding carboxylic acids is 1. The second kappa shape index (κ2) is 11.2. The van der Waals surface area contributed by atoms with Gasteiger partial charge in [-0.2, -0.15) is 4.31 Å². The van der Waals surface area contributed by atoms with Crippen molar-refractivity contribution in [2.45, 2.75) is 87.6 Å². The molecule has 1 N–H and O–H groups in total. The first kappa shape index (κ1) is 23.9. The fourth-order valence-electron chi connectivity index (χ4n) is 4.73. The van der Waals surface area contributed by atoms with Gasteiger partial charge in [-0.15, -0.1) is 0 Å². The maximum Gasteiger partial charge on any atom is 0.243 e. The zero-order valence-electron chi connectivity index (χ0n) is 18.8. The Hall–Kier alpha value is -1.80. The summed E-state index contributed by atoms with van der Waals surface area (Å²) >= 11 is 0. The molecule has 1 aromatic rings. The fourth-order valence-corrected chi connectivity index (χ4v) is 6.39. The number of ether oxygens (including phenoxy) is 2. The number of carbonyl (C=O) groups is 1. The Balaban J connectivity index is 1.82. The number of hydrogen-bond donors (Lipinski definition) is 1. The average molecular weight is 453 g/mol. The fraction of sp³-hybridized carbons (Fsp3) is 0.696. The number of rotatable bonds is 8. The van der Waals surface area contributed by atoms with Crippen molar-refractivity contribution >= 4 is 15.9 Å². The van der Waals surface area contributed by atoms with Gasteiger partial charge in [0.05, 0.1) is 25.7 Å². The van der Waals surface area contributed by atoms with Crippen LogP contribution in [0.25, 0.3) is 0 Å². The van der Waals surface area contributed by atoms with E-state index in [-0.39, 0.29) is 29.4 Å². The molecule has 0 spiro atoms. The van der Waals surface area contributed by atoms with E-state index in [0.717, 1.165) is 57.8 Å². The lowest BCUT2D eigenvalue weighted by Gasteiger charge is -2.33. The number of hydrogen-bond acceptors (Lipinski definition) is 5. The van der Waals surface area contributed by atoms with Crippen LogP contribution in [0.15, 0.2) is 23.1 Å². The Morgan fingerprint density at radius 3 is 2.13 bits per heavy atom. The summed E-state index contributed by atoms with van der Waals surface area (Å²) in [7, 11) is -0.873. The molecule has 8 heteroatoms. The molecule has 7 nitrogen and oxygen atoms in total.